The number of rotatable bonds is 7. The molecule has 0 saturated heterocycles. The van der Waals surface area contributed by atoms with Crippen molar-refractivity contribution in [1.82, 2.24) is 4.72 Å². The lowest BCUT2D eigenvalue weighted by Crippen LogP contribution is -2.32. The molecule has 1 atom stereocenters. The van der Waals surface area contributed by atoms with Crippen LogP contribution >= 0.6 is 0 Å². The molecule has 2 aromatic rings. The third kappa shape index (κ3) is 5.04. The van der Waals surface area contributed by atoms with Crippen molar-refractivity contribution in [1.29, 1.82) is 0 Å². The van der Waals surface area contributed by atoms with Crippen molar-refractivity contribution in [2.45, 2.75) is 31.2 Å². The number of methoxy groups -OCH3 is 1. The number of amides is 1. The molecule has 2 rings (SSSR count). The molecule has 0 saturated carbocycles. The van der Waals surface area contributed by atoms with Gasteiger partial charge in [-0.2, -0.15) is 0 Å². The largest absolute Gasteiger partial charge is 0.497 e. The smallest absolute Gasteiger partial charge is 0.255 e. The molecule has 1 unspecified atom stereocenters. The van der Waals surface area contributed by atoms with Crippen molar-refractivity contribution >= 4 is 21.6 Å². The van der Waals surface area contributed by atoms with Crippen molar-refractivity contribution in [3.63, 3.8) is 0 Å². The van der Waals surface area contributed by atoms with Gasteiger partial charge in [0.25, 0.3) is 5.91 Å². The molecule has 0 aliphatic rings. The summed E-state index contributed by atoms with van der Waals surface area (Å²) in [5, 5.41) is 2.75. The molecule has 7 heteroatoms. The molecule has 2 aromatic carbocycles. The first-order chi connectivity index (χ1) is 11.9. The third-order valence-electron chi connectivity index (χ3n) is 3.72. The number of carbonyl (C=O) groups excluding carboxylic acids is 1. The molecular formula is C18H22N2O4S. The average Bonchev–Trinajstić information content (AvgIpc) is 2.61. The molecule has 134 valence electrons. The molecule has 6 nitrogen and oxygen atoms in total. The molecular weight excluding hydrogens is 340 g/mol. The van der Waals surface area contributed by atoms with Gasteiger partial charge in [-0.1, -0.05) is 13.0 Å². The van der Waals surface area contributed by atoms with Crippen LogP contribution in [0.5, 0.6) is 5.75 Å². The molecule has 0 aliphatic heterocycles. The minimum atomic E-state index is -3.58. The van der Waals surface area contributed by atoms with Crippen LogP contribution in [0.1, 0.15) is 30.6 Å². The van der Waals surface area contributed by atoms with Crippen molar-refractivity contribution in [2.75, 3.05) is 12.4 Å². The van der Waals surface area contributed by atoms with Gasteiger partial charge in [-0.25, -0.2) is 13.1 Å². The number of benzene rings is 2. The minimum absolute atomic E-state index is 0.130. The van der Waals surface area contributed by atoms with E-state index in [0.29, 0.717) is 23.4 Å². The van der Waals surface area contributed by atoms with Crippen LogP contribution in [0.25, 0.3) is 0 Å². The molecule has 0 radical (unpaired) electrons. The molecule has 0 aliphatic carbocycles. The van der Waals surface area contributed by atoms with Gasteiger partial charge in [0, 0.05) is 23.4 Å². The summed E-state index contributed by atoms with van der Waals surface area (Å²) in [7, 11) is -2.03. The van der Waals surface area contributed by atoms with Crippen LogP contribution in [-0.2, 0) is 10.0 Å². The van der Waals surface area contributed by atoms with E-state index in [0.717, 1.165) is 0 Å². The van der Waals surface area contributed by atoms with Crippen LogP contribution in [0.15, 0.2) is 53.4 Å². The number of ether oxygens (including phenoxy) is 1. The van der Waals surface area contributed by atoms with Crippen molar-refractivity contribution in [3.05, 3.63) is 54.1 Å². The maximum Gasteiger partial charge on any atom is 0.255 e. The standard InChI is InChI=1S/C18H22N2O4S/c1-4-13(2)20-25(22,23)17-10-8-14(9-11-17)18(21)19-15-6-5-7-16(12-15)24-3/h5-13,20H,4H2,1-3H3,(H,19,21). The summed E-state index contributed by atoms with van der Waals surface area (Å²) in [6, 6.07) is 12.7. The second-order valence-electron chi connectivity index (χ2n) is 5.64. The Bertz CT molecular complexity index is 832. The van der Waals surface area contributed by atoms with Gasteiger partial charge in [0.05, 0.1) is 12.0 Å². The zero-order valence-corrected chi connectivity index (χ0v) is 15.3. The predicted molar refractivity (Wildman–Crippen MR) is 97.5 cm³/mol. The minimum Gasteiger partial charge on any atom is -0.497 e. The zero-order valence-electron chi connectivity index (χ0n) is 14.4. The van der Waals surface area contributed by atoms with E-state index in [1.165, 1.54) is 24.3 Å². The van der Waals surface area contributed by atoms with E-state index in [1.54, 1.807) is 38.3 Å². The highest BCUT2D eigenvalue weighted by Crippen LogP contribution is 2.18. The Labute approximate surface area is 148 Å². The van der Waals surface area contributed by atoms with Crippen LogP contribution in [0.2, 0.25) is 0 Å². The summed E-state index contributed by atoms with van der Waals surface area (Å²) in [5.41, 5.74) is 0.963. The number of nitrogens with one attached hydrogen (secondary N) is 2. The quantitative estimate of drug-likeness (QED) is 0.793. The summed E-state index contributed by atoms with van der Waals surface area (Å²) in [6.45, 7) is 3.70. The van der Waals surface area contributed by atoms with Crippen LogP contribution < -0.4 is 14.8 Å². The Morgan fingerprint density at radius 1 is 1.16 bits per heavy atom. The number of sulfonamides is 1. The fourth-order valence-corrected chi connectivity index (χ4v) is 3.43. The van der Waals surface area contributed by atoms with Gasteiger partial charge in [-0.15, -0.1) is 0 Å². The van der Waals surface area contributed by atoms with E-state index >= 15 is 0 Å². The van der Waals surface area contributed by atoms with Crippen LogP contribution in [0.3, 0.4) is 0 Å². The maximum absolute atomic E-state index is 12.3. The Kier molecular flexibility index (Phi) is 6.17. The van der Waals surface area contributed by atoms with Gasteiger partial charge in [-0.3, -0.25) is 4.79 Å². The Morgan fingerprint density at radius 2 is 1.84 bits per heavy atom. The topological polar surface area (TPSA) is 84.5 Å². The molecule has 0 fully saturated rings. The van der Waals surface area contributed by atoms with E-state index in [-0.39, 0.29) is 16.8 Å². The second-order valence-corrected chi connectivity index (χ2v) is 7.36. The average molecular weight is 362 g/mol. The second kappa shape index (κ2) is 8.13. The van der Waals surface area contributed by atoms with Gasteiger partial charge < -0.3 is 10.1 Å². The van der Waals surface area contributed by atoms with Crippen LogP contribution in [0.4, 0.5) is 5.69 Å². The Balaban J connectivity index is 2.12. The van der Waals surface area contributed by atoms with E-state index in [9.17, 15) is 13.2 Å². The van der Waals surface area contributed by atoms with Gasteiger partial charge in [0.15, 0.2) is 0 Å². The molecule has 0 spiro atoms. The summed E-state index contributed by atoms with van der Waals surface area (Å²) >= 11 is 0. The highest BCUT2D eigenvalue weighted by molar-refractivity contribution is 7.89. The SMILES string of the molecule is CCC(C)NS(=O)(=O)c1ccc(C(=O)Nc2cccc(OC)c2)cc1. The number of carbonyl (C=O) groups is 1. The lowest BCUT2D eigenvalue weighted by atomic mass is 10.2. The molecule has 0 aromatic heterocycles. The van der Waals surface area contributed by atoms with Crippen LogP contribution in [0, 0.1) is 0 Å². The first kappa shape index (κ1) is 19.0. The normalized spacial score (nSPS) is 12.4. The van der Waals surface area contributed by atoms with Gasteiger partial charge in [0.1, 0.15) is 5.75 Å². The summed E-state index contributed by atoms with van der Waals surface area (Å²) < 4.78 is 32.1. The highest BCUT2D eigenvalue weighted by Gasteiger charge is 2.17. The van der Waals surface area contributed by atoms with E-state index in [4.69, 9.17) is 4.74 Å². The molecule has 25 heavy (non-hydrogen) atoms. The molecule has 1 amide bonds. The maximum atomic E-state index is 12.3. The van der Waals surface area contributed by atoms with Gasteiger partial charge in [0.2, 0.25) is 10.0 Å². The first-order valence-electron chi connectivity index (χ1n) is 7.93. The number of hydrogen-bond donors (Lipinski definition) is 2. The third-order valence-corrected chi connectivity index (χ3v) is 5.33. The van der Waals surface area contributed by atoms with E-state index in [1.807, 2.05) is 6.92 Å². The highest BCUT2D eigenvalue weighted by atomic mass is 32.2. The predicted octanol–water partition coefficient (Wildman–Crippen LogP) is 3.02. The van der Waals surface area contributed by atoms with E-state index in [2.05, 4.69) is 10.0 Å². The Hall–Kier alpha value is -2.38. The molecule has 2 N–H and O–H groups in total. The lowest BCUT2D eigenvalue weighted by molar-refractivity contribution is 0.102. The first-order valence-corrected chi connectivity index (χ1v) is 9.42. The van der Waals surface area contributed by atoms with E-state index < -0.39 is 10.0 Å². The van der Waals surface area contributed by atoms with Crippen molar-refractivity contribution in [3.8, 4) is 5.75 Å². The molecule has 0 bridgehead atoms. The molecule has 0 heterocycles. The summed E-state index contributed by atoms with van der Waals surface area (Å²) in [5.74, 6) is 0.308. The van der Waals surface area contributed by atoms with Crippen molar-refractivity contribution in [2.24, 2.45) is 0 Å². The number of anilines is 1. The van der Waals surface area contributed by atoms with Gasteiger partial charge >= 0.3 is 0 Å². The Morgan fingerprint density at radius 3 is 2.44 bits per heavy atom. The monoisotopic (exact) mass is 362 g/mol. The van der Waals surface area contributed by atoms with Crippen molar-refractivity contribution < 1.29 is 17.9 Å². The fourth-order valence-electron chi connectivity index (χ4n) is 2.11. The lowest BCUT2D eigenvalue weighted by Gasteiger charge is -2.12. The fraction of sp³-hybridized carbons (Fsp3) is 0.278. The summed E-state index contributed by atoms with van der Waals surface area (Å²) in [6.07, 6.45) is 0.695. The zero-order chi connectivity index (χ0) is 18.4. The van der Waals surface area contributed by atoms with Crippen LogP contribution in [-0.4, -0.2) is 27.5 Å². The van der Waals surface area contributed by atoms with Gasteiger partial charge in [-0.05, 0) is 49.7 Å². The summed E-state index contributed by atoms with van der Waals surface area (Å²) in [4.78, 5) is 12.4. The number of hydrogen-bond acceptors (Lipinski definition) is 4.